The molecule has 3 aromatic carbocycles. The first-order chi connectivity index (χ1) is 23.9. The number of rotatable bonds is 3. The highest BCUT2D eigenvalue weighted by Crippen LogP contribution is 2.41. The number of ether oxygens (including phenoxy) is 2. The molecular weight excluding hydrogens is 654 g/mol. The van der Waals surface area contributed by atoms with Crippen LogP contribution in [0.3, 0.4) is 0 Å². The third-order valence-electron chi connectivity index (χ3n) is 9.05. The Morgan fingerprint density at radius 2 is 1.90 bits per heavy atom. The summed E-state index contributed by atoms with van der Waals surface area (Å²) in [5, 5.41) is 14.4. The highest BCUT2D eigenvalue weighted by atomic mass is 19.3. The van der Waals surface area contributed by atoms with E-state index in [9.17, 15) is 9.90 Å². The van der Waals surface area contributed by atoms with E-state index < -0.39 is 42.0 Å². The number of imidazole rings is 1. The Bertz CT molecular complexity index is 2270. The van der Waals surface area contributed by atoms with Gasteiger partial charge in [-0.3, -0.25) is 4.68 Å². The molecule has 4 heterocycles. The molecule has 3 aromatic heterocycles. The SMILES string of the molecule is C/C(=C\c1cccc(C2(C)CCC(F)(F)COc3ccn(n3)Cc3c(c(F)cc4[nH]ccc34)Oc3ccc(F)c(c3)-c3ncc2[nH]3)c1)C(=O)O. The van der Waals surface area contributed by atoms with E-state index in [2.05, 4.69) is 20.1 Å². The van der Waals surface area contributed by atoms with E-state index in [4.69, 9.17) is 9.47 Å². The minimum absolute atomic E-state index is 0.00932. The van der Waals surface area contributed by atoms with Gasteiger partial charge in [-0.15, -0.1) is 5.10 Å². The Morgan fingerprint density at radius 3 is 2.72 bits per heavy atom. The lowest BCUT2D eigenvalue weighted by atomic mass is 9.75. The number of carbonyl (C=O) groups is 1. The van der Waals surface area contributed by atoms with Gasteiger partial charge in [0.1, 0.15) is 17.4 Å². The fourth-order valence-corrected chi connectivity index (χ4v) is 6.17. The number of aromatic nitrogens is 5. The van der Waals surface area contributed by atoms with Gasteiger partial charge in [0, 0.05) is 70.3 Å². The van der Waals surface area contributed by atoms with E-state index >= 15 is 17.6 Å². The maximum absolute atomic E-state index is 15.6. The van der Waals surface area contributed by atoms with Crippen molar-refractivity contribution < 1.29 is 36.9 Å². The molecular formula is C37H31F4N5O4. The van der Waals surface area contributed by atoms with Crippen molar-refractivity contribution in [2.45, 2.75) is 44.6 Å². The molecule has 0 aliphatic carbocycles. The lowest BCUT2D eigenvalue weighted by Crippen LogP contribution is -2.31. The molecule has 0 fully saturated rings. The molecule has 13 heteroatoms. The van der Waals surface area contributed by atoms with Crippen LogP contribution in [0.1, 0.15) is 49.1 Å². The molecule has 6 bridgehead atoms. The molecule has 1 aliphatic rings. The summed E-state index contributed by atoms with van der Waals surface area (Å²) in [6.07, 6.45) is 5.43. The molecule has 1 unspecified atom stereocenters. The molecule has 256 valence electrons. The summed E-state index contributed by atoms with van der Waals surface area (Å²) in [7, 11) is 0. The van der Waals surface area contributed by atoms with Gasteiger partial charge in [0.15, 0.2) is 18.2 Å². The molecule has 0 radical (unpaired) electrons. The fourth-order valence-electron chi connectivity index (χ4n) is 6.17. The largest absolute Gasteiger partial charge is 0.478 e. The quantitative estimate of drug-likeness (QED) is 0.127. The number of aliphatic carboxylic acids is 1. The van der Waals surface area contributed by atoms with Crippen molar-refractivity contribution in [1.82, 2.24) is 24.7 Å². The van der Waals surface area contributed by atoms with Gasteiger partial charge in [-0.1, -0.05) is 24.3 Å². The number of nitrogens with zero attached hydrogens (tertiary/aromatic N) is 3. The molecule has 0 saturated carbocycles. The van der Waals surface area contributed by atoms with Gasteiger partial charge in [0.2, 0.25) is 5.88 Å². The predicted molar refractivity (Wildman–Crippen MR) is 178 cm³/mol. The Hall–Kier alpha value is -5.85. The summed E-state index contributed by atoms with van der Waals surface area (Å²) in [5.41, 5.74) is 1.48. The minimum Gasteiger partial charge on any atom is -0.478 e. The zero-order valence-corrected chi connectivity index (χ0v) is 26.9. The van der Waals surface area contributed by atoms with E-state index in [0.717, 1.165) is 0 Å². The van der Waals surface area contributed by atoms with E-state index in [-0.39, 0.29) is 47.3 Å². The Morgan fingerprint density at radius 1 is 1.06 bits per heavy atom. The normalized spacial score (nSPS) is 17.9. The predicted octanol–water partition coefficient (Wildman–Crippen LogP) is 8.48. The zero-order valence-electron chi connectivity index (χ0n) is 26.9. The number of hydrogen-bond acceptors (Lipinski definition) is 5. The first kappa shape index (κ1) is 32.7. The van der Waals surface area contributed by atoms with Crippen LogP contribution < -0.4 is 9.47 Å². The van der Waals surface area contributed by atoms with Gasteiger partial charge in [-0.25, -0.2) is 27.3 Å². The zero-order chi connectivity index (χ0) is 35.2. The van der Waals surface area contributed by atoms with Crippen molar-refractivity contribution in [3.8, 4) is 28.8 Å². The van der Waals surface area contributed by atoms with Crippen LogP contribution in [-0.2, 0) is 16.8 Å². The summed E-state index contributed by atoms with van der Waals surface area (Å²) in [4.78, 5) is 22.1. The van der Waals surface area contributed by atoms with E-state index in [0.29, 0.717) is 33.3 Å². The van der Waals surface area contributed by atoms with Crippen LogP contribution in [-0.4, -0.2) is 48.3 Å². The number of nitrogens with one attached hydrogen (secondary N) is 2. The Kier molecular flexibility index (Phi) is 8.21. The van der Waals surface area contributed by atoms with Gasteiger partial charge < -0.3 is 24.5 Å². The molecule has 1 aliphatic heterocycles. The number of alkyl halides is 2. The summed E-state index contributed by atoms with van der Waals surface area (Å²) in [5.74, 6) is -5.62. The van der Waals surface area contributed by atoms with Crippen LogP contribution >= 0.6 is 0 Å². The fraction of sp³-hybridized carbons (Fsp3) is 0.216. The second kappa shape index (κ2) is 12.6. The molecule has 9 nitrogen and oxygen atoms in total. The van der Waals surface area contributed by atoms with E-state index in [1.54, 1.807) is 43.5 Å². The van der Waals surface area contributed by atoms with Gasteiger partial charge in [0.25, 0.3) is 5.92 Å². The van der Waals surface area contributed by atoms with Crippen LogP contribution in [0.4, 0.5) is 17.6 Å². The number of hydrogen-bond donors (Lipinski definition) is 3. The Labute approximate surface area is 283 Å². The summed E-state index contributed by atoms with van der Waals surface area (Å²) in [6, 6.07) is 15.4. The van der Waals surface area contributed by atoms with Crippen LogP contribution in [0, 0.1) is 11.6 Å². The van der Waals surface area contributed by atoms with Crippen molar-refractivity contribution in [3.05, 3.63) is 119 Å². The number of halogens is 4. The third-order valence-corrected chi connectivity index (χ3v) is 9.05. The standard InChI is InChI=1S/C37H31F4N5O4/c1-21(35(47)48)14-22-4-3-5-23(15-22)36(2)10-11-37(40,41)20-49-32-9-13-46(45-32)19-27-25-8-12-42-30(25)17-29(39)33(27)50-24-6-7-28(38)26(16-24)34-43-18-31(36)44-34/h3-9,12-18,42H,10-11,19-20H2,1-2H3,(H,43,44)(H,47,48)/b21-14+. The number of carboxylic acids is 1. The van der Waals surface area contributed by atoms with Crippen molar-refractivity contribution >= 4 is 22.9 Å². The summed E-state index contributed by atoms with van der Waals surface area (Å²) in [6.45, 7) is 2.27. The number of aromatic amines is 2. The average molecular weight is 686 g/mol. The molecule has 0 amide bonds. The highest BCUT2D eigenvalue weighted by molar-refractivity contribution is 5.91. The maximum Gasteiger partial charge on any atom is 0.331 e. The monoisotopic (exact) mass is 685 g/mol. The number of H-pyrrole nitrogens is 2. The van der Waals surface area contributed by atoms with Crippen LogP contribution in [0.15, 0.2) is 84.8 Å². The minimum atomic E-state index is -3.30. The molecule has 3 N–H and O–H groups in total. The van der Waals surface area contributed by atoms with Crippen molar-refractivity contribution in [3.63, 3.8) is 0 Å². The van der Waals surface area contributed by atoms with E-state index in [1.807, 2.05) is 0 Å². The number of benzene rings is 3. The van der Waals surface area contributed by atoms with Gasteiger partial charge in [0.05, 0.1) is 12.1 Å². The lowest BCUT2D eigenvalue weighted by molar-refractivity contribution is -0.132. The van der Waals surface area contributed by atoms with Crippen LogP contribution in [0.25, 0.3) is 28.4 Å². The second-order valence-corrected chi connectivity index (χ2v) is 12.6. The van der Waals surface area contributed by atoms with Crippen molar-refractivity contribution in [2.24, 2.45) is 0 Å². The molecule has 6 aromatic rings. The number of fused-ring (bicyclic) bond motifs is 10. The average Bonchev–Trinajstić information content (AvgIpc) is 3.87. The van der Waals surface area contributed by atoms with Crippen molar-refractivity contribution in [2.75, 3.05) is 6.61 Å². The molecule has 50 heavy (non-hydrogen) atoms. The van der Waals surface area contributed by atoms with E-state index in [1.165, 1.54) is 60.4 Å². The summed E-state index contributed by atoms with van der Waals surface area (Å²) >= 11 is 0. The molecule has 0 spiro atoms. The van der Waals surface area contributed by atoms with Crippen molar-refractivity contribution in [1.29, 1.82) is 0 Å². The van der Waals surface area contributed by atoms with Gasteiger partial charge in [-0.2, -0.15) is 0 Å². The Balaban J connectivity index is 1.36. The lowest BCUT2D eigenvalue weighted by Gasteiger charge is -2.31. The van der Waals surface area contributed by atoms with Gasteiger partial charge >= 0.3 is 5.97 Å². The smallest absolute Gasteiger partial charge is 0.331 e. The highest BCUT2D eigenvalue weighted by Gasteiger charge is 2.38. The number of carboxylic acid groups (broad SMARTS) is 1. The second-order valence-electron chi connectivity index (χ2n) is 12.6. The topological polar surface area (TPSA) is 118 Å². The summed E-state index contributed by atoms with van der Waals surface area (Å²) < 4.78 is 75.2. The first-order valence-corrected chi connectivity index (χ1v) is 15.8. The van der Waals surface area contributed by atoms with Gasteiger partial charge in [-0.05, 0) is 61.7 Å². The third kappa shape index (κ3) is 6.33. The molecule has 0 saturated heterocycles. The molecule has 7 rings (SSSR count). The van der Waals surface area contributed by atoms with Crippen LogP contribution in [0.2, 0.25) is 0 Å². The maximum atomic E-state index is 15.6. The first-order valence-electron chi connectivity index (χ1n) is 15.8. The van der Waals surface area contributed by atoms with Crippen LogP contribution in [0.5, 0.6) is 17.4 Å². The molecule has 1 atom stereocenters.